The molecule has 17 heavy (non-hydrogen) atoms. The maximum absolute atomic E-state index is 10.6. The van der Waals surface area contributed by atoms with Crippen molar-refractivity contribution >= 4 is 5.97 Å². The predicted molar refractivity (Wildman–Crippen MR) is 63.5 cm³/mol. The minimum Gasteiger partial charge on any atom is -0.480 e. The molecule has 0 saturated heterocycles. The third-order valence-electron chi connectivity index (χ3n) is 2.46. The van der Waals surface area contributed by atoms with Crippen LogP contribution in [0.5, 0.6) is 0 Å². The maximum atomic E-state index is 10.6. The average Bonchev–Trinajstić information content (AvgIpc) is 2.78. The highest BCUT2D eigenvalue weighted by molar-refractivity contribution is 5.73. The first-order valence-electron chi connectivity index (χ1n) is 5.29. The summed E-state index contributed by atoms with van der Waals surface area (Å²) in [4.78, 5) is 10.6. The van der Waals surface area contributed by atoms with Crippen LogP contribution in [0, 0.1) is 0 Å². The number of benzene rings is 1. The van der Waals surface area contributed by atoms with Gasteiger partial charge in [0.05, 0.1) is 0 Å². The van der Waals surface area contributed by atoms with Crippen molar-refractivity contribution in [2.45, 2.75) is 12.5 Å². The number of nitrogens with two attached hydrogens (primary N) is 1. The van der Waals surface area contributed by atoms with E-state index in [1.165, 1.54) is 0 Å². The van der Waals surface area contributed by atoms with Crippen LogP contribution in [0.15, 0.2) is 46.9 Å². The molecule has 3 N–H and O–H groups in total. The van der Waals surface area contributed by atoms with E-state index in [1.807, 2.05) is 36.4 Å². The van der Waals surface area contributed by atoms with Crippen LogP contribution in [-0.2, 0) is 11.2 Å². The summed E-state index contributed by atoms with van der Waals surface area (Å²) in [7, 11) is 0. The number of aliphatic carboxylic acids is 1. The van der Waals surface area contributed by atoms with E-state index < -0.39 is 12.0 Å². The zero-order valence-corrected chi connectivity index (χ0v) is 9.17. The molecule has 0 amide bonds. The van der Waals surface area contributed by atoms with Crippen LogP contribution < -0.4 is 5.73 Å². The van der Waals surface area contributed by atoms with E-state index in [4.69, 9.17) is 15.3 Å². The highest BCUT2D eigenvalue weighted by Gasteiger charge is 2.14. The molecule has 2 rings (SSSR count). The lowest BCUT2D eigenvalue weighted by Gasteiger charge is -2.02. The molecule has 2 aromatic rings. The van der Waals surface area contributed by atoms with Gasteiger partial charge in [0, 0.05) is 12.0 Å². The summed E-state index contributed by atoms with van der Waals surface area (Å²) in [5.74, 6) is 0.277. The zero-order chi connectivity index (χ0) is 12.3. The Morgan fingerprint density at radius 1 is 1.24 bits per heavy atom. The van der Waals surface area contributed by atoms with E-state index in [9.17, 15) is 4.79 Å². The third kappa shape index (κ3) is 2.73. The van der Waals surface area contributed by atoms with Crippen molar-refractivity contribution in [2.24, 2.45) is 5.73 Å². The standard InChI is InChI=1S/C13H13NO3/c14-11(13(15)16)8-10-6-7-12(17-10)9-4-2-1-3-5-9/h1-7,11H,8,14H2,(H,15,16)/t11-/m0/s1. The molecule has 0 fully saturated rings. The van der Waals surface area contributed by atoms with Crippen molar-refractivity contribution in [1.82, 2.24) is 0 Å². The number of carboxylic acids is 1. The van der Waals surface area contributed by atoms with E-state index in [1.54, 1.807) is 6.07 Å². The van der Waals surface area contributed by atoms with Crippen LogP contribution in [0.2, 0.25) is 0 Å². The fraction of sp³-hybridized carbons (Fsp3) is 0.154. The molecule has 0 radical (unpaired) electrons. The van der Waals surface area contributed by atoms with Crippen LogP contribution in [0.25, 0.3) is 11.3 Å². The lowest BCUT2D eigenvalue weighted by atomic mass is 10.2. The van der Waals surface area contributed by atoms with Gasteiger partial charge in [0.2, 0.25) is 0 Å². The second kappa shape index (κ2) is 4.84. The van der Waals surface area contributed by atoms with Gasteiger partial charge in [0.15, 0.2) is 0 Å². The van der Waals surface area contributed by atoms with Crippen molar-refractivity contribution in [3.8, 4) is 11.3 Å². The fourth-order valence-electron chi connectivity index (χ4n) is 1.55. The Morgan fingerprint density at radius 2 is 1.94 bits per heavy atom. The Balaban J connectivity index is 2.14. The van der Waals surface area contributed by atoms with E-state index in [2.05, 4.69) is 0 Å². The molecular formula is C13H13NO3. The highest BCUT2D eigenvalue weighted by Crippen LogP contribution is 2.22. The summed E-state index contributed by atoms with van der Waals surface area (Å²) in [5, 5.41) is 8.70. The van der Waals surface area contributed by atoms with Gasteiger partial charge >= 0.3 is 5.97 Å². The van der Waals surface area contributed by atoms with Crippen molar-refractivity contribution in [2.75, 3.05) is 0 Å². The minimum atomic E-state index is -1.03. The number of furan rings is 1. The lowest BCUT2D eigenvalue weighted by Crippen LogP contribution is -2.32. The third-order valence-corrected chi connectivity index (χ3v) is 2.46. The molecule has 0 aliphatic rings. The molecule has 0 spiro atoms. The van der Waals surface area contributed by atoms with Gasteiger partial charge in [-0.1, -0.05) is 30.3 Å². The molecule has 4 nitrogen and oxygen atoms in total. The minimum absolute atomic E-state index is 0.197. The molecule has 0 aliphatic heterocycles. The summed E-state index contributed by atoms with van der Waals surface area (Å²) < 4.78 is 5.55. The van der Waals surface area contributed by atoms with Gasteiger partial charge in [-0.05, 0) is 12.1 Å². The Hall–Kier alpha value is -2.07. The van der Waals surface area contributed by atoms with E-state index >= 15 is 0 Å². The molecule has 0 aliphatic carbocycles. The molecule has 4 heteroatoms. The van der Waals surface area contributed by atoms with Gasteiger partial charge in [-0.15, -0.1) is 0 Å². The van der Waals surface area contributed by atoms with E-state index in [0.717, 1.165) is 11.3 Å². The van der Waals surface area contributed by atoms with Gasteiger partial charge in [0.25, 0.3) is 0 Å². The first kappa shape index (κ1) is 11.4. The number of carboxylic acid groups (broad SMARTS) is 1. The number of hydrogen-bond donors (Lipinski definition) is 2. The van der Waals surface area contributed by atoms with Crippen molar-refractivity contribution in [1.29, 1.82) is 0 Å². The summed E-state index contributed by atoms with van der Waals surface area (Å²) in [6.45, 7) is 0. The predicted octanol–water partition coefficient (Wildman–Crippen LogP) is 1.90. The smallest absolute Gasteiger partial charge is 0.320 e. The van der Waals surface area contributed by atoms with Crippen LogP contribution in [-0.4, -0.2) is 17.1 Å². The number of carbonyl (C=O) groups is 1. The molecule has 1 heterocycles. The van der Waals surface area contributed by atoms with Gasteiger partial charge in [-0.25, -0.2) is 0 Å². The second-order valence-corrected chi connectivity index (χ2v) is 3.78. The van der Waals surface area contributed by atoms with Crippen LogP contribution in [0.4, 0.5) is 0 Å². The molecule has 88 valence electrons. The fourth-order valence-corrected chi connectivity index (χ4v) is 1.55. The van der Waals surface area contributed by atoms with Gasteiger partial charge in [-0.2, -0.15) is 0 Å². The first-order chi connectivity index (χ1) is 8.16. The summed E-state index contributed by atoms with van der Waals surface area (Å²) in [5.41, 5.74) is 6.40. The largest absolute Gasteiger partial charge is 0.480 e. The van der Waals surface area contributed by atoms with Gasteiger partial charge in [0.1, 0.15) is 17.6 Å². The number of hydrogen-bond acceptors (Lipinski definition) is 3. The molecule has 1 atom stereocenters. The average molecular weight is 231 g/mol. The number of rotatable bonds is 4. The Bertz CT molecular complexity index is 504. The van der Waals surface area contributed by atoms with Crippen molar-refractivity contribution in [3.63, 3.8) is 0 Å². The zero-order valence-electron chi connectivity index (χ0n) is 9.17. The normalized spacial score (nSPS) is 12.3. The topological polar surface area (TPSA) is 76.5 Å². The molecule has 0 saturated carbocycles. The Kier molecular flexibility index (Phi) is 3.25. The summed E-state index contributed by atoms with van der Waals surface area (Å²) in [6, 6.07) is 12.3. The van der Waals surface area contributed by atoms with Crippen LogP contribution in [0.1, 0.15) is 5.76 Å². The molecule has 0 unspecified atom stereocenters. The van der Waals surface area contributed by atoms with E-state index in [-0.39, 0.29) is 6.42 Å². The monoisotopic (exact) mass is 231 g/mol. The quantitative estimate of drug-likeness (QED) is 0.842. The summed E-state index contributed by atoms with van der Waals surface area (Å²) >= 11 is 0. The summed E-state index contributed by atoms with van der Waals surface area (Å²) in [6.07, 6.45) is 0.197. The van der Waals surface area contributed by atoms with Gasteiger partial charge in [-0.3, -0.25) is 4.79 Å². The molecular weight excluding hydrogens is 218 g/mol. The maximum Gasteiger partial charge on any atom is 0.320 e. The SMILES string of the molecule is N[C@@H](Cc1ccc(-c2ccccc2)o1)C(=O)O. The Labute approximate surface area is 98.7 Å². The Morgan fingerprint density at radius 3 is 2.59 bits per heavy atom. The van der Waals surface area contributed by atoms with Crippen molar-refractivity contribution < 1.29 is 14.3 Å². The molecule has 1 aromatic heterocycles. The highest BCUT2D eigenvalue weighted by atomic mass is 16.4. The van der Waals surface area contributed by atoms with Gasteiger partial charge < -0.3 is 15.3 Å². The van der Waals surface area contributed by atoms with Crippen LogP contribution in [0.3, 0.4) is 0 Å². The first-order valence-corrected chi connectivity index (χ1v) is 5.29. The van der Waals surface area contributed by atoms with Crippen LogP contribution >= 0.6 is 0 Å². The lowest BCUT2D eigenvalue weighted by molar-refractivity contribution is -0.138. The van der Waals surface area contributed by atoms with Crippen molar-refractivity contribution in [3.05, 3.63) is 48.2 Å². The molecule has 0 bridgehead atoms. The second-order valence-electron chi connectivity index (χ2n) is 3.78. The molecule has 1 aromatic carbocycles. The van der Waals surface area contributed by atoms with E-state index in [0.29, 0.717) is 5.76 Å².